The van der Waals surface area contributed by atoms with Crippen molar-refractivity contribution in [3.05, 3.63) is 58.8 Å². The summed E-state index contributed by atoms with van der Waals surface area (Å²) in [6, 6.07) is 10.7. The molecule has 2 amide bonds. The minimum absolute atomic E-state index is 0.151. The standard InChI is InChI=1S/C27H39N5O2/c1-21-17-27(30-26-11-15-32(16-12-26)22(2)34)29-19-25(21)10-14-31(20-33)13-6-5-8-23-7-3-4-9-24(23)18-28/h3-4,7,9,17,19-20,26H,5-6,8,10-16,18,28H2,1-2H3,(H,29,30). The molecule has 0 unspecified atom stereocenters. The highest BCUT2D eigenvalue weighted by Crippen LogP contribution is 2.18. The Balaban J connectivity index is 1.41. The number of nitrogens with two attached hydrogens (primary N) is 1. The van der Waals surface area contributed by atoms with E-state index in [4.69, 9.17) is 5.73 Å². The lowest BCUT2D eigenvalue weighted by Gasteiger charge is -2.32. The van der Waals surface area contributed by atoms with E-state index in [0.717, 1.165) is 70.4 Å². The van der Waals surface area contributed by atoms with E-state index in [0.29, 0.717) is 19.1 Å². The van der Waals surface area contributed by atoms with Crippen LogP contribution in [0.2, 0.25) is 0 Å². The van der Waals surface area contributed by atoms with Crippen molar-refractivity contribution in [1.29, 1.82) is 0 Å². The topological polar surface area (TPSA) is 91.6 Å². The van der Waals surface area contributed by atoms with Crippen LogP contribution in [0.1, 0.15) is 54.9 Å². The minimum atomic E-state index is 0.151. The van der Waals surface area contributed by atoms with Crippen molar-refractivity contribution in [2.75, 3.05) is 31.5 Å². The van der Waals surface area contributed by atoms with Crippen LogP contribution >= 0.6 is 0 Å². The molecule has 0 bridgehead atoms. The normalized spacial score (nSPS) is 14.1. The Kier molecular flexibility index (Phi) is 9.89. The van der Waals surface area contributed by atoms with Gasteiger partial charge in [-0.1, -0.05) is 24.3 Å². The number of amides is 2. The number of carbonyl (C=O) groups excluding carboxylic acids is 2. The summed E-state index contributed by atoms with van der Waals surface area (Å²) in [5.74, 6) is 1.03. The van der Waals surface area contributed by atoms with Crippen molar-refractivity contribution in [2.24, 2.45) is 5.73 Å². The number of pyridine rings is 1. The number of rotatable bonds is 12. The Morgan fingerprint density at radius 1 is 1.15 bits per heavy atom. The Morgan fingerprint density at radius 2 is 1.88 bits per heavy atom. The predicted octanol–water partition coefficient (Wildman–Crippen LogP) is 3.30. The summed E-state index contributed by atoms with van der Waals surface area (Å²) in [5.41, 5.74) is 10.7. The number of nitrogens with one attached hydrogen (secondary N) is 1. The molecule has 0 radical (unpaired) electrons. The summed E-state index contributed by atoms with van der Waals surface area (Å²) in [6.07, 6.45) is 8.56. The summed E-state index contributed by atoms with van der Waals surface area (Å²) in [5, 5.41) is 3.52. The first-order valence-electron chi connectivity index (χ1n) is 12.4. The van der Waals surface area contributed by atoms with Crippen LogP contribution in [-0.2, 0) is 29.0 Å². The van der Waals surface area contributed by atoms with Gasteiger partial charge in [-0.3, -0.25) is 9.59 Å². The van der Waals surface area contributed by atoms with Gasteiger partial charge < -0.3 is 20.9 Å². The highest BCUT2D eigenvalue weighted by atomic mass is 16.2. The molecule has 7 heteroatoms. The lowest BCUT2D eigenvalue weighted by atomic mass is 10.0. The molecule has 3 N–H and O–H groups in total. The Bertz CT molecular complexity index is 940. The molecule has 2 aromatic rings. The molecule has 1 aromatic carbocycles. The number of anilines is 1. The fourth-order valence-electron chi connectivity index (χ4n) is 4.58. The molecule has 2 heterocycles. The molecule has 0 atom stereocenters. The van der Waals surface area contributed by atoms with Crippen molar-refractivity contribution in [3.8, 4) is 0 Å². The summed E-state index contributed by atoms with van der Waals surface area (Å²) in [7, 11) is 0. The molecule has 0 saturated carbocycles. The van der Waals surface area contributed by atoms with Crippen LogP contribution in [0.3, 0.4) is 0 Å². The van der Waals surface area contributed by atoms with Gasteiger partial charge in [0.05, 0.1) is 0 Å². The molecule has 7 nitrogen and oxygen atoms in total. The smallest absolute Gasteiger partial charge is 0.219 e. The van der Waals surface area contributed by atoms with Gasteiger partial charge in [-0.15, -0.1) is 0 Å². The van der Waals surface area contributed by atoms with E-state index in [9.17, 15) is 9.59 Å². The Hall–Kier alpha value is -2.93. The maximum atomic E-state index is 11.6. The van der Waals surface area contributed by atoms with E-state index in [2.05, 4.69) is 41.5 Å². The molecule has 1 aliphatic rings. The first-order chi connectivity index (χ1) is 16.5. The van der Waals surface area contributed by atoms with Crippen molar-refractivity contribution < 1.29 is 9.59 Å². The van der Waals surface area contributed by atoms with E-state index in [-0.39, 0.29) is 5.91 Å². The first kappa shape index (κ1) is 25.7. The highest BCUT2D eigenvalue weighted by Gasteiger charge is 2.20. The number of unbranched alkanes of at least 4 members (excludes halogenated alkanes) is 1. The third-order valence-electron chi connectivity index (χ3n) is 6.81. The van der Waals surface area contributed by atoms with Crippen LogP contribution in [0, 0.1) is 6.92 Å². The fraction of sp³-hybridized carbons (Fsp3) is 0.519. The quantitative estimate of drug-likeness (QED) is 0.371. The molecule has 0 aliphatic carbocycles. The van der Waals surface area contributed by atoms with Gasteiger partial charge in [0, 0.05) is 51.9 Å². The van der Waals surface area contributed by atoms with Crippen LogP contribution in [0.25, 0.3) is 0 Å². The van der Waals surface area contributed by atoms with E-state index >= 15 is 0 Å². The molecule has 1 saturated heterocycles. The number of hydrogen-bond donors (Lipinski definition) is 2. The van der Waals surface area contributed by atoms with Gasteiger partial charge >= 0.3 is 0 Å². The van der Waals surface area contributed by atoms with Crippen LogP contribution in [0.15, 0.2) is 36.5 Å². The van der Waals surface area contributed by atoms with Crippen molar-refractivity contribution in [1.82, 2.24) is 14.8 Å². The summed E-state index contributed by atoms with van der Waals surface area (Å²) in [6.45, 7) is 7.35. The zero-order valence-corrected chi connectivity index (χ0v) is 20.6. The number of hydrogen-bond acceptors (Lipinski definition) is 5. The van der Waals surface area contributed by atoms with Gasteiger partial charge in [0.15, 0.2) is 0 Å². The number of carbonyl (C=O) groups is 2. The zero-order valence-electron chi connectivity index (χ0n) is 20.6. The van der Waals surface area contributed by atoms with Crippen LogP contribution in [0.4, 0.5) is 5.82 Å². The summed E-state index contributed by atoms with van der Waals surface area (Å²) >= 11 is 0. The van der Waals surface area contributed by atoms with Crippen molar-refractivity contribution in [3.63, 3.8) is 0 Å². The van der Waals surface area contributed by atoms with E-state index in [1.165, 1.54) is 22.3 Å². The SMILES string of the molecule is CC(=O)N1CCC(Nc2cc(C)c(CCN(C=O)CCCCc3ccccc3CN)cn2)CC1. The van der Waals surface area contributed by atoms with Gasteiger partial charge in [-0.2, -0.15) is 0 Å². The average Bonchev–Trinajstić information content (AvgIpc) is 2.85. The summed E-state index contributed by atoms with van der Waals surface area (Å²) in [4.78, 5) is 31.4. The molecular formula is C27H39N5O2. The number of nitrogens with zero attached hydrogens (tertiary/aromatic N) is 3. The van der Waals surface area contributed by atoms with Crippen LogP contribution in [0.5, 0.6) is 0 Å². The fourth-order valence-corrected chi connectivity index (χ4v) is 4.58. The molecule has 3 rings (SSSR count). The zero-order chi connectivity index (χ0) is 24.3. The molecule has 0 spiro atoms. The largest absolute Gasteiger partial charge is 0.367 e. The van der Waals surface area contributed by atoms with Crippen LogP contribution < -0.4 is 11.1 Å². The van der Waals surface area contributed by atoms with Gasteiger partial charge in [0.1, 0.15) is 5.82 Å². The number of aryl methyl sites for hydroxylation is 2. The predicted molar refractivity (Wildman–Crippen MR) is 136 cm³/mol. The second-order valence-corrected chi connectivity index (χ2v) is 9.24. The number of benzene rings is 1. The van der Waals surface area contributed by atoms with Gasteiger partial charge in [-0.05, 0) is 73.8 Å². The van der Waals surface area contributed by atoms with Gasteiger partial charge in [0.25, 0.3) is 0 Å². The lowest BCUT2D eigenvalue weighted by Crippen LogP contribution is -2.41. The van der Waals surface area contributed by atoms with Crippen LogP contribution in [-0.4, -0.2) is 59.3 Å². The monoisotopic (exact) mass is 465 g/mol. The van der Waals surface area contributed by atoms with Gasteiger partial charge in [-0.25, -0.2) is 4.98 Å². The second kappa shape index (κ2) is 13.1. The van der Waals surface area contributed by atoms with Crippen molar-refractivity contribution >= 4 is 18.1 Å². The second-order valence-electron chi connectivity index (χ2n) is 9.24. The average molecular weight is 466 g/mol. The maximum absolute atomic E-state index is 11.6. The number of likely N-dealkylation sites (tertiary alicyclic amines) is 1. The van der Waals surface area contributed by atoms with E-state index in [1.807, 2.05) is 22.1 Å². The molecular weight excluding hydrogens is 426 g/mol. The third-order valence-corrected chi connectivity index (χ3v) is 6.81. The number of aromatic nitrogens is 1. The van der Waals surface area contributed by atoms with Gasteiger partial charge in [0.2, 0.25) is 12.3 Å². The van der Waals surface area contributed by atoms with E-state index < -0.39 is 0 Å². The molecule has 1 aliphatic heterocycles. The van der Waals surface area contributed by atoms with Crippen molar-refractivity contribution in [2.45, 2.75) is 65.0 Å². The lowest BCUT2D eigenvalue weighted by molar-refractivity contribution is -0.129. The molecule has 1 aromatic heterocycles. The Labute approximate surface area is 203 Å². The first-order valence-corrected chi connectivity index (χ1v) is 12.4. The van der Waals surface area contributed by atoms with E-state index in [1.54, 1.807) is 6.92 Å². The minimum Gasteiger partial charge on any atom is -0.367 e. The number of piperidine rings is 1. The molecule has 1 fully saturated rings. The Morgan fingerprint density at radius 3 is 2.53 bits per heavy atom. The highest BCUT2D eigenvalue weighted by molar-refractivity contribution is 5.73. The summed E-state index contributed by atoms with van der Waals surface area (Å²) < 4.78 is 0. The maximum Gasteiger partial charge on any atom is 0.219 e. The molecule has 184 valence electrons. The molecule has 34 heavy (non-hydrogen) atoms. The third kappa shape index (κ3) is 7.55.